The number of carbonyl (C=O) groups is 2. The van der Waals surface area contributed by atoms with Gasteiger partial charge in [-0.3, -0.25) is 4.79 Å². The van der Waals surface area contributed by atoms with Gasteiger partial charge in [0.25, 0.3) is 0 Å². The normalized spacial score (nSPS) is 18.6. The minimum absolute atomic E-state index is 0.0247. The molecular formula is C33H38O4. The first-order chi connectivity index (χ1) is 18.1. The molecular weight excluding hydrogens is 460 g/mol. The molecule has 0 aliphatic heterocycles. The summed E-state index contributed by atoms with van der Waals surface area (Å²) in [7, 11) is 0. The number of ether oxygens (including phenoxy) is 2. The largest absolute Gasteiger partial charge is 0.491 e. The second kappa shape index (κ2) is 13.8. The van der Waals surface area contributed by atoms with Crippen molar-refractivity contribution in [2.24, 2.45) is 5.92 Å². The molecule has 0 unspecified atom stereocenters. The Labute approximate surface area is 221 Å². The molecule has 3 atom stereocenters. The molecule has 1 aliphatic rings. The number of ketones is 1. The number of aldehydes is 1. The van der Waals surface area contributed by atoms with Gasteiger partial charge in [0.2, 0.25) is 0 Å². The third-order valence-electron chi connectivity index (χ3n) is 7.32. The van der Waals surface area contributed by atoms with Crippen molar-refractivity contribution < 1.29 is 19.1 Å². The highest BCUT2D eigenvalue weighted by Gasteiger charge is 2.30. The molecule has 0 saturated heterocycles. The van der Waals surface area contributed by atoms with E-state index in [9.17, 15) is 9.59 Å². The van der Waals surface area contributed by atoms with E-state index in [1.807, 2.05) is 54.6 Å². The monoisotopic (exact) mass is 498 g/mol. The number of hydrogen-bond acceptors (Lipinski definition) is 4. The van der Waals surface area contributed by atoms with Gasteiger partial charge in [-0.2, -0.15) is 0 Å². The Bertz CT molecular complexity index is 1130. The van der Waals surface area contributed by atoms with Crippen LogP contribution in [0.15, 0.2) is 78.9 Å². The van der Waals surface area contributed by atoms with Crippen LogP contribution in [0.5, 0.6) is 11.5 Å². The van der Waals surface area contributed by atoms with Crippen molar-refractivity contribution in [3.05, 3.63) is 95.6 Å². The van der Waals surface area contributed by atoms with Gasteiger partial charge in [0.15, 0.2) is 0 Å². The standard InChI is InChI=1S/C33H38O4/c1-25(10-8-15-26-11-4-2-5-12-26)37-30-18-19-31(32-22-29(35)17-9-16-28(32)20-21-34)33(23-30)36-24-27-13-6-3-7-14-27/h2-7,11-14,18-19,21,23,25,28,32H,8-10,15-17,20,22,24H2,1H3/t25-,28+,32+/m1/s1. The summed E-state index contributed by atoms with van der Waals surface area (Å²) in [6.45, 7) is 2.54. The summed E-state index contributed by atoms with van der Waals surface area (Å²) in [5.74, 6) is 1.90. The molecule has 0 aromatic heterocycles. The van der Waals surface area contributed by atoms with E-state index in [4.69, 9.17) is 9.47 Å². The first kappa shape index (κ1) is 26.7. The molecule has 0 bridgehead atoms. The molecule has 0 N–H and O–H groups in total. The maximum atomic E-state index is 12.6. The molecule has 1 saturated carbocycles. The van der Waals surface area contributed by atoms with Gasteiger partial charge in [-0.15, -0.1) is 0 Å². The van der Waals surface area contributed by atoms with E-state index in [0.29, 0.717) is 25.9 Å². The summed E-state index contributed by atoms with van der Waals surface area (Å²) < 4.78 is 12.7. The van der Waals surface area contributed by atoms with Gasteiger partial charge in [-0.05, 0) is 73.6 Å². The fourth-order valence-electron chi connectivity index (χ4n) is 5.33. The lowest BCUT2D eigenvalue weighted by atomic mass is 9.80. The summed E-state index contributed by atoms with van der Waals surface area (Å²) in [5, 5.41) is 0. The lowest BCUT2D eigenvalue weighted by Crippen LogP contribution is -2.16. The van der Waals surface area contributed by atoms with Gasteiger partial charge >= 0.3 is 0 Å². The molecule has 37 heavy (non-hydrogen) atoms. The third-order valence-corrected chi connectivity index (χ3v) is 7.32. The zero-order valence-corrected chi connectivity index (χ0v) is 21.8. The van der Waals surface area contributed by atoms with E-state index < -0.39 is 0 Å². The molecule has 4 rings (SSSR count). The number of carbonyl (C=O) groups excluding carboxylic acids is 2. The van der Waals surface area contributed by atoms with Crippen molar-refractivity contribution in [2.75, 3.05) is 0 Å². The molecule has 4 nitrogen and oxygen atoms in total. The average molecular weight is 499 g/mol. The number of Topliss-reactive ketones (excluding diaryl/α,β-unsaturated/α-hetero) is 1. The van der Waals surface area contributed by atoms with Crippen LogP contribution in [0, 0.1) is 5.92 Å². The molecule has 0 spiro atoms. The molecule has 0 radical (unpaired) electrons. The Morgan fingerprint density at radius 3 is 2.43 bits per heavy atom. The quantitative estimate of drug-likeness (QED) is 0.192. The predicted octanol–water partition coefficient (Wildman–Crippen LogP) is 7.49. The lowest BCUT2D eigenvalue weighted by molar-refractivity contribution is -0.119. The zero-order valence-electron chi connectivity index (χ0n) is 21.8. The summed E-state index contributed by atoms with van der Waals surface area (Å²) in [6.07, 6.45) is 7.34. The second-order valence-electron chi connectivity index (χ2n) is 10.2. The number of benzene rings is 3. The van der Waals surface area contributed by atoms with Gasteiger partial charge in [0.1, 0.15) is 30.2 Å². The molecule has 1 fully saturated rings. The van der Waals surface area contributed by atoms with Crippen LogP contribution in [0.2, 0.25) is 0 Å². The number of rotatable bonds is 12. The van der Waals surface area contributed by atoms with Gasteiger partial charge < -0.3 is 14.3 Å². The molecule has 1 aliphatic carbocycles. The highest BCUT2D eigenvalue weighted by molar-refractivity contribution is 5.80. The van der Waals surface area contributed by atoms with E-state index in [1.165, 1.54) is 5.56 Å². The predicted molar refractivity (Wildman–Crippen MR) is 147 cm³/mol. The number of hydrogen-bond donors (Lipinski definition) is 0. The van der Waals surface area contributed by atoms with E-state index in [-0.39, 0.29) is 23.7 Å². The Hall–Kier alpha value is -3.40. The van der Waals surface area contributed by atoms with Gasteiger partial charge in [-0.1, -0.05) is 66.7 Å². The molecule has 4 heteroatoms. The average Bonchev–Trinajstić information content (AvgIpc) is 3.10. The van der Waals surface area contributed by atoms with Crippen LogP contribution in [0.4, 0.5) is 0 Å². The van der Waals surface area contributed by atoms with Crippen molar-refractivity contribution in [1.82, 2.24) is 0 Å². The van der Waals surface area contributed by atoms with Crippen molar-refractivity contribution in [2.45, 2.75) is 76.9 Å². The summed E-state index contributed by atoms with van der Waals surface area (Å²) in [4.78, 5) is 24.0. The Balaban J connectivity index is 1.50. The highest BCUT2D eigenvalue weighted by Crippen LogP contribution is 2.42. The third kappa shape index (κ3) is 8.04. The SMILES string of the molecule is C[C@H](CCCc1ccccc1)Oc1ccc([C@H]2CC(=O)CCC[C@H]2CC=O)c(OCc2ccccc2)c1. The van der Waals surface area contributed by atoms with Crippen LogP contribution in [0.1, 0.15) is 74.5 Å². The summed E-state index contributed by atoms with van der Waals surface area (Å²) in [6, 6.07) is 26.6. The summed E-state index contributed by atoms with van der Waals surface area (Å²) in [5.41, 5.74) is 3.43. The molecule has 3 aromatic carbocycles. The number of aryl methyl sites for hydroxylation is 1. The minimum Gasteiger partial charge on any atom is -0.491 e. The van der Waals surface area contributed by atoms with E-state index in [1.54, 1.807) is 0 Å². The first-order valence-electron chi connectivity index (χ1n) is 13.6. The van der Waals surface area contributed by atoms with Gasteiger partial charge in [0, 0.05) is 25.3 Å². The maximum Gasteiger partial charge on any atom is 0.133 e. The van der Waals surface area contributed by atoms with Crippen LogP contribution in [0.3, 0.4) is 0 Å². The summed E-state index contributed by atoms with van der Waals surface area (Å²) >= 11 is 0. The van der Waals surface area contributed by atoms with E-state index in [0.717, 1.165) is 61.0 Å². The Kier molecular flexibility index (Phi) is 9.93. The Morgan fingerprint density at radius 1 is 0.973 bits per heavy atom. The van der Waals surface area contributed by atoms with Crippen molar-refractivity contribution >= 4 is 12.1 Å². The van der Waals surface area contributed by atoms with Crippen LogP contribution >= 0.6 is 0 Å². The molecule has 3 aromatic rings. The Morgan fingerprint density at radius 2 is 1.70 bits per heavy atom. The van der Waals surface area contributed by atoms with Crippen molar-refractivity contribution in [1.29, 1.82) is 0 Å². The second-order valence-corrected chi connectivity index (χ2v) is 10.2. The molecule has 0 amide bonds. The molecule has 194 valence electrons. The molecule has 0 heterocycles. The van der Waals surface area contributed by atoms with Gasteiger partial charge in [-0.25, -0.2) is 0 Å². The van der Waals surface area contributed by atoms with Crippen LogP contribution < -0.4 is 9.47 Å². The minimum atomic E-state index is -0.0247. The highest BCUT2D eigenvalue weighted by atomic mass is 16.5. The van der Waals surface area contributed by atoms with Crippen molar-refractivity contribution in [3.63, 3.8) is 0 Å². The fourth-order valence-corrected chi connectivity index (χ4v) is 5.33. The topological polar surface area (TPSA) is 52.6 Å². The van der Waals surface area contributed by atoms with Gasteiger partial charge in [0.05, 0.1) is 6.10 Å². The zero-order chi connectivity index (χ0) is 25.9. The van der Waals surface area contributed by atoms with Crippen molar-refractivity contribution in [3.8, 4) is 11.5 Å². The van der Waals surface area contributed by atoms with Crippen LogP contribution in [-0.4, -0.2) is 18.2 Å². The van der Waals surface area contributed by atoms with Crippen LogP contribution in [-0.2, 0) is 22.6 Å². The lowest BCUT2D eigenvalue weighted by Gasteiger charge is -2.26. The van der Waals surface area contributed by atoms with E-state index in [2.05, 4.69) is 31.2 Å². The van der Waals surface area contributed by atoms with Crippen LogP contribution in [0.25, 0.3) is 0 Å². The van der Waals surface area contributed by atoms with E-state index >= 15 is 0 Å². The fraction of sp³-hybridized carbons (Fsp3) is 0.394. The maximum absolute atomic E-state index is 12.6. The smallest absolute Gasteiger partial charge is 0.133 e. The first-order valence-corrected chi connectivity index (χ1v) is 13.6.